The van der Waals surface area contributed by atoms with E-state index in [4.69, 9.17) is 11.6 Å². The maximum absolute atomic E-state index is 11.5. The molecule has 1 aromatic rings. The summed E-state index contributed by atoms with van der Waals surface area (Å²) in [6.45, 7) is 3.49. The molecule has 6 heteroatoms. The number of rotatable bonds is 2. The van der Waals surface area contributed by atoms with Gasteiger partial charge in [0, 0.05) is 18.3 Å². The van der Waals surface area contributed by atoms with Crippen molar-refractivity contribution in [2.24, 2.45) is 7.05 Å². The highest BCUT2D eigenvalue weighted by molar-refractivity contribution is 14.1. The van der Waals surface area contributed by atoms with Crippen molar-refractivity contribution in [3.8, 4) is 0 Å². The second kappa shape index (κ2) is 4.31. The molecule has 0 aliphatic carbocycles. The van der Waals surface area contributed by atoms with E-state index in [1.807, 2.05) is 22.6 Å². The lowest BCUT2D eigenvalue weighted by atomic mass is 10.5. The van der Waals surface area contributed by atoms with Gasteiger partial charge >= 0.3 is 5.69 Å². The molecule has 0 amide bonds. The van der Waals surface area contributed by atoms with E-state index in [-0.39, 0.29) is 17.1 Å². The Morgan fingerprint density at radius 1 is 1.64 bits per heavy atom. The van der Waals surface area contributed by atoms with Crippen molar-refractivity contribution in [3.05, 3.63) is 42.2 Å². The van der Waals surface area contributed by atoms with E-state index in [9.17, 15) is 9.59 Å². The maximum Gasteiger partial charge on any atom is 0.331 e. The third kappa shape index (κ3) is 2.27. The van der Waals surface area contributed by atoms with Crippen LogP contribution < -0.4 is 11.2 Å². The van der Waals surface area contributed by atoms with Crippen molar-refractivity contribution in [2.45, 2.75) is 6.54 Å². The van der Waals surface area contributed by atoms with Crippen molar-refractivity contribution in [1.29, 1.82) is 0 Å². The second-order valence-corrected chi connectivity index (χ2v) is 4.48. The van der Waals surface area contributed by atoms with E-state index in [1.165, 1.54) is 10.8 Å². The molecule has 0 spiro atoms. The molecule has 0 N–H and O–H groups in total. The molecule has 76 valence electrons. The molecule has 1 rings (SSSR count). The number of hydrogen-bond donors (Lipinski definition) is 0. The second-order valence-electron chi connectivity index (χ2n) is 2.78. The molecule has 0 unspecified atom stereocenters. The van der Waals surface area contributed by atoms with Gasteiger partial charge in [0.1, 0.15) is 0 Å². The van der Waals surface area contributed by atoms with Crippen molar-refractivity contribution in [3.63, 3.8) is 0 Å². The molecule has 0 aromatic carbocycles. The van der Waals surface area contributed by atoms with Crippen LogP contribution in [0, 0.1) is 3.57 Å². The molecule has 0 radical (unpaired) electrons. The van der Waals surface area contributed by atoms with Crippen LogP contribution in [-0.4, -0.2) is 9.13 Å². The van der Waals surface area contributed by atoms with Gasteiger partial charge in [0.25, 0.3) is 5.56 Å². The van der Waals surface area contributed by atoms with E-state index in [0.29, 0.717) is 3.57 Å². The van der Waals surface area contributed by atoms with Crippen LogP contribution in [0.15, 0.2) is 27.4 Å². The van der Waals surface area contributed by atoms with Crippen molar-refractivity contribution in [1.82, 2.24) is 9.13 Å². The molecule has 0 atom stereocenters. The SMILES string of the molecule is C=C(Cl)Cn1c(=O)c(I)cn(C)c1=O. The van der Waals surface area contributed by atoms with Crippen molar-refractivity contribution < 1.29 is 0 Å². The lowest BCUT2D eigenvalue weighted by Gasteiger charge is -2.06. The number of allylic oxidation sites excluding steroid dienone is 1. The third-order valence-electron chi connectivity index (χ3n) is 1.62. The number of halogens is 2. The zero-order chi connectivity index (χ0) is 10.9. The number of aromatic nitrogens is 2. The molecular formula is C8H8ClIN2O2. The quantitative estimate of drug-likeness (QED) is 0.758. The average Bonchev–Trinajstić information content (AvgIpc) is 2.09. The maximum atomic E-state index is 11.5. The number of hydrogen-bond acceptors (Lipinski definition) is 2. The Bertz CT molecular complexity index is 455. The van der Waals surface area contributed by atoms with E-state index < -0.39 is 5.69 Å². The van der Waals surface area contributed by atoms with Gasteiger partial charge in [0.2, 0.25) is 0 Å². The topological polar surface area (TPSA) is 44.0 Å². The average molecular weight is 327 g/mol. The van der Waals surface area contributed by atoms with Crippen LogP contribution in [0.5, 0.6) is 0 Å². The zero-order valence-corrected chi connectivity index (χ0v) is 10.4. The molecule has 0 fully saturated rings. The van der Waals surface area contributed by atoms with Crippen LogP contribution in [0.25, 0.3) is 0 Å². The lowest BCUT2D eigenvalue weighted by Crippen LogP contribution is -2.39. The minimum absolute atomic E-state index is 0.0455. The Kier molecular flexibility index (Phi) is 3.54. The first kappa shape index (κ1) is 11.5. The summed E-state index contributed by atoms with van der Waals surface area (Å²) in [7, 11) is 1.58. The van der Waals surface area contributed by atoms with E-state index in [1.54, 1.807) is 7.05 Å². The largest absolute Gasteiger partial charge is 0.331 e. The van der Waals surface area contributed by atoms with E-state index >= 15 is 0 Å². The number of aryl methyl sites for hydroxylation is 1. The van der Waals surface area contributed by atoms with Crippen LogP contribution in [-0.2, 0) is 13.6 Å². The van der Waals surface area contributed by atoms with Crippen LogP contribution in [0.4, 0.5) is 0 Å². The fraction of sp³-hybridized carbons (Fsp3) is 0.250. The summed E-state index contributed by atoms with van der Waals surface area (Å²) in [6.07, 6.45) is 1.48. The van der Waals surface area contributed by atoms with E-state index in [0.717, 1.165) is 4.57 Å². The monoisotopic (exact) mass is 326 g/mol. The summed E-state index contributed by atoms with van der Waals surface area (Å²) in [5.74, 6) is 0. The summed E-state index contributed by atoms with van der Waals surface area (Å²) in [6, 6.07) is 0. The smallest absolute Gasteiger partial charge is 0.302 e. The minimum atomic E-state index is -0.391. The Hall–Kier alpha value is -0.560. The van der Waals surface area contributed by atoms with Crippen LogP contribution in [0.1, 0.15) is 0 Å². The first-order valence-electron chi connectivity index (χ1n) is 3.72. The van der Waals surface area contributed by atoms with Gasteiger partial charge in [-0.1, -0.05) is 18.2 Å². The molecule has 0 saturated carbocycles. The van der Waals surface area contributed by atoms with Gasteiger partial charge in [-0.3, -0.25) is 9.36 Å². The number of nitrogens with zero attached hydrogens (tertiary/aromatic N) is 2. The molecular weight excluding hydrogens is 318 g/mol. The molecule has 1 heterocycles. The predicted octanol–water partition coefficient (Wildman–Crippen LogP) is 0.904. The molecule has 0 bridgehead atoms. The third-order valence-corrected chi connectivity index (χ3v) is 2.48. The normalized spacial score (nSPS) is 10.2. The Balaban J connectivity index is 3.48. The van der Waals surface area contributed by atoms with Gasteiger partial charge in [-0.25, -0.2) is 4.79 Å². The first-order chi connectivity index (χ1) is 6.43. The molecule has 14 heavy (non-hydrogen) atoms. The van der Waals surface area contributed by atoms with Gasteiger partial charge in [-0.2, -0.15) is 0 Å². The van der Waals surface area contributed by atoms with Crippen LogP contribution >= 0.6 is 34.2 Å². The zero-order valence-electron chi connectivity index (χ0n) is 7.46. The molecule has 0 aliphatic rings. The van der Waals surface area contributed by atoms with Crippen LogP contribution in [0.2, 0.25) is 0 Å². The molecule has 4 nitrogen and oxygen atoms in total. The Morgan fingerprint density at radius 3 is 2.71 bits per heavy atom. The summed E-state index contributed by atoms with van der Waals surface area (Å²) >= 11 is 7.43. The standard InChI is InChI=1S/C8H8ClIN2O2/c1-5(9)3-12-7(13)6(10)4-11(2)8(12)14/h4H,1,3H2,2H3. The highest BCUT2D eigenvalue weighted by Gasteiger charge is 2.07. The predicted molar refractivity (Wildman–Crippen MR) is 63.7 cm³/mol. The molecule has 0 aliphatic heterocycles. The minimum Gasteiger partial charge on any atom is -0.302 e. The van der Waals surface area contributed by atoms with Gasteiger partial charge < -0.3 is 4.57 Å². The summed E-state index contributed by atoms with van der Waals surface area (Å²) in [5, 5.41) is 0.256. The Morgan fingerprint density at radius 2 is 2.21 bits per heavy atom. The Labute approximate surface area is 98.9 Å². The summed E-state index contributed by atoms with van der Waals surface area (Å²) in [4.78, 5) is 23.0. The van der Waals surface area contributed by atoms with E-state index in [2.05, 4.69) is 6.58 Å². The molecule has 0 saturated heterocycles. The fourth-order valence-corrected chi connectivity index (χ4v) is 1.83. The first-order valence-corrected chi connectivity index (χ1v) is 5.18. The fourth-order valence-electron chi connectivity index (χ4n) is 0.998. The highest BCUT2D eigenvalue weighted by Crippen LogP contribution is 1.99. The van der Waals surface area contributed by atoms with Gasteiger partial charge in [-0.15, -0.1) is 0 Å². The highest BCUT2D eigenvalue weighted by atomic mass is 127. The van der Waals surface area contributed by atoms with Crippen molar-refractivity contribution >= 4 is 34.2 Å². The van der Waals surface area contributed by atoms with Gasteiger partial charge in [-0.05, 0) is 22.6 Å². The summed E-state index contributed by atoms with van der Waals surface area (Å²) < 4.78 is 2.86. The lowest BCUT2D eigenvalue weighted by molar-refractivity contribution is 0.639. The van der Waals surface area contributed by atoms with Gasteiger partial charge in [0.15, 0.2) is 0 Å². The van der Waals surface area contributed by atoms with Crippen molar-refractivity contribution in [2.75, 3.05) is 0 Å². The van der Waals surface area contributed by atoms with Gasteiger partial charge in [0.05, 0.1) is 10.1 Å². The molecule has 1 aromatic heterocycles. The van der Waals surface area contributed by atoms with Crippen LogP contribution in [0.3, 0.4) is 0 Å². The summed E-state index contributed by atoms with van der Waals surface area (Å²) in [5.41, 5.74) is -0.729.